The van der Waals surface area contributed by atoms with Crippen molar-refractivity contribution in [3.63, 3.8) is 0 Å². The molecular formula is C8H19NO2. The minimum Gasteiger partial charge on any atom is -0.364 e. The summed E-state index contributed by atoms with van der Waals surface area (Å²) in [5, 5.41) is 12.0. The molecule has 0 amide bonds. The van der Waals surface area contributed by atoms with Crippen molar-refractivity contribution in [3.8, 4) is 0 Å². The zero-order valence-electron chi connectivity index (χ0n) is 8.09. The van der Waals surface area contributed by atoms with Crippen LogP contribution in [0.3, 0.4) is 0 Å². The van der Waals surface area contributed by atoms with E-state index in [9.17, 15) is 0 Å². The summed E-state index contributed by atoms with van der Waals surface area (Å²) >= 11 is 0. The number of oxime groups is 1. The van der Waals surface area contributed by atoms with Crippen LogP contribution in [0.25, 0.3) is 0 Å². The lowest BCUT2D eigenvalue weighted by Crippen LogP contribution is -2.02. The molecule has 0 bridgehead atoms. The first-order valence-corrected chi connectivity index (χ1v) is 4.16. The highest BCUT2D eigenvalue weighted by atomic mass is 16.7. The SMILES string of the molecule is CC.CC.CC1=NOC(O)C1. The van der Waals surface area contributed by atoms with Gasteiger partial charge in [-0.05, 0) is 6.92 Å². The van der Waals surface area contributed by atoms with Crippen LogP contribution in [0.15, 0.2) is 5.16 Å². The van der Waals surface area contributed by atoms with Crippen LogP contribution in [-0.4, -0.2) is 17.1 Å². The standard InChI is InChI=1S/C4H7NO2.2C2H6/c1-3-2-4(6)7-5-3;2*1-2/h4,6H,2H2,1H3;2*1-2H3. The molecule has 1 aliphatic rings. The average molecular weight is 161 g/mol. The van der Waals surface area contributed by atoms with Crippen LogP contribution in [0.1, 0.15) is 41.0 Å². The second-order valence-electron chi connectivity index (χ2n) is 1.59. The molecule has 11 heavy (non-hydrogen) atoms. The molecule has 1 heterocycles. The van der Waals surface area contributed by atoms with E-state index in [1.807, 2.05) is 34.6 Å². The van der Waals surface area contributed by atoms with Crippen molar-refractivity contribution in [2.45, 2.75) is 47.3 Å². The molecule has 0 fully saturated rings. The highest BCUT2D eigenvalue weighted by Gasteiger charge is 2.12. The summed E-state index contributed by atoms with van der Waals surface area (Å²) in [6.45, 7) is 9.82. The smallest absolute Gasteiger partial charge is 0.229 e. The van der Waals surface area contributed by atoms with E-state index in [4.69, 9.17) is 5.11 Å². The lowest BCUT2D eigenvalue weighted by molar-refractivity contribution is -0.0762. The third-order valence-electron chi connectivity index (χ3n) is 0.800. The van der Waals surface area contributed by atoms with Crippen molar-refractivity contribution in [2.24, 2.45) is 5.16 Å². The minimum atomic E-state index is -0.681. The second kappa shape index (κ2) is 9.43. The van der Waals surface area contributed by atoms with Crippen LogP contribution in [0.2, 0.25) is 0 Å². The van der Waals surface area contributed by atoms with Gasteiger partial charge in [0, 0.05) is 0 Å². The maximum absolute atomic E-state index is 8.56. The normalized spacial score (nSPS) is 19.8. The van der Waals surface area contributed by atoms with Crippen molar-refractivity contribution in [2.75, 3.05) is 0 Å². The van der Waals surface area contributed by atoms with Gasteiger partial charge in [0.1, 0.15) is 0 Å². The van der Waals surface area contributed by atoms with Gasteiger partial charge in [-0.3, -0.25) is 0 Å². The highest BCUT2D eigenvalue weighted by molar-refractivity contribution is 5.82. The van der Waals surface area contributed by atoms with Crippen molar-refractivity contribution in [1.29, 1.82) is 0 Å². The van der Waals surface area contributed by atoms with Crippen LogP contribution in [-0.2, 0) is 4.84 Å². The van der Waals surface area contributed by atoms with Gasteiger partial charge in [-0.25, -0.2) is 0 Å². The summed E-state index contributed by atoms with van der Waals surface area (Å²) in [5.41, 5.74) is 0.854. The number of hydrogen-bond acceptors (Lipinski definition) is 3. The van der Waals surface area contributed by atoms with Crippen LogP contribution in [0, 0.1) is 0 Å². The Hall–Kier alpha value is -0.570. The molecule has 0 spiro atoms. The summed E-state index contributed by atoms with van der Waals surface area (Å²) < 4.78 is 0. The molecule has 0 saturated heterocycles. The first-order chi connectivity index (χ1) is 5.29. The molecule has 0 aromatic rings. The molecule has 0 aromatic carbocycles. The van der Waals surface area contributed by atoms with Gasteiger partial charge >= 0.3 is 0 Å². The largest absolute Gasteiger partial charge is 0.364 e. The lowest BCUT2D eigenvalue weighted by atomic mass is 10.3. The summed E-state index contributed by atoms with van der Waals surface area (Å²) in [4.78, 5) is 4.41. The Morgan fingerprint density at radius 2 is 1.82 bits per heavy atom. The molecule has 1 aliphatic heterocycles. The van der Waals surface area contributed by atoms with E-state index >= 15 is 0 Å². The minimum absolute atomic E-state index is 0.556. The third kappa shape index (κ3) is 7.33. The van der Waals surface area contributed by atoms with Gasteiger partial charge in [0.05, 0.1) is 12.1 Å². The van der Waals surface area contributed by atoms with Gasteiger partial charge in [-0.2, -0.15) is 0 Å². The molecule has 0 radical (unpaired) electrons. The maximum atomic E-state index is 8.56. The van der Waals surface area contributed by atoms with Gasteiger partial charge in [0.25, 0.3) is 0 Å². The molecule has 1 unspecified atom stereocenters. The summed E-state index contributed by atoms with van der Waals surface area (Å²) in [5.74, 6) is 0. The summed E-state index contributed by atoms with van der Waals surface area (Å²) in [6, 6.07) is 0. The second-order valence-corrected chi connectivity index (χ2v) is 1.59. The van der Waals surface area contributed by atoms with Gasteiger partial charge in [-0.1, -0.05) is 32.9 Å². The van der Waals surface area contributed by atoms with E-state index in [0.717, 1.165) is 5.71 Å². The number of aliphatic hydroxyl groups excluding tert-OH is 1. The Morgan fingerprint density at radius 3 is 1.91 bits per heavy atom. The molecule has 1 rings (SSSR count). The fourth-order valence-electron chi connectivity index (χ4n) is 0.478. The fraction of sp³-hybridized carbons (Fsp3) is 0.875. The van der Waals surface area contributed by atoms with E-state index in [1.54, 1.807) is 0 Å². The van der Waals surface area contributed by atoms with Crippen molar-refractivity contribution < 1.29 is 9.94 Å². The van der Waals surface area contributed by atoms with Crippen molar-refractivity contribution in [3.05, 3.63) is 0 Å². The van der Waals surface area contributed by atoms with Gasteiger partial charge in [0.2, 0.25) is 6.29 Å². The first kappa shape index (κ1) is 13.1. The van der Waals surface area contributed by atoms with E-state index < -0.39 is 6.29 Å². The Balaban J connectivity index is 0. The van der Waals surface area contributed by atoms with Gasteiger partial charge < -0.3 is 9.94 Å². The molecular weight excluding hydrogens is 142 g/mol. The fourth-order valence-corrected chi connectivity index (χ4v) is 0.478. The Kier molecular flexibility index (Phi) is 11.2. The van der Waals surface area contributed by atoms with E-state index in [0.29, 0.717) is 6.42 Å². The quantitative estimate of drug-likeness (QED) is 0.591. The number of rotatable bonds is 0. The first-order valence-electron chi connectivity index (χ1n) is 4.16. The van der Waals surface area contributed by atoms with Crippen LogP contribution in [0.4, 0.5) is 0 Å². The number of aliphatic hydroxyl groups is 1. The molecule has 0 saturated carbocycles. The molecule has 0 aromatic heterocycles. The van der Waals surface area contributed by atoms with Crippen molar-refractivity contribution in [1.82, 2.24) is 0 Å². The van der Waals surface area contributed by atoms with E-state index in [1.165, 1.54) is 0 Å². The average Bonchev–Trinajstić information content (AvgIpc) is 2.43. The van der Waals surface area contributed by atoms with Gasteiger partial charge in [0.15, 0.2) is 0 Å². The molecule has 3 nitrogen and oxygen atoms in total. The zero-order chi connectivity index (χ0) is 9.28. The van der Waals surface area contributed by atoms with Crippen LogP contribution >= 0.6 is 0 Å². The molecule has 3 heteroatoms. The highest BCUT2D eigenvalue weighted by Crippen LogP contribution is 2.04. The third-order valence-corrected chi connectivity index (χ3v) is 0.800. The van der Waals surface area contributed by atoms with Gasteiger partial charge in [-0.15, -0.1) is 0 Å². The Morgan fingerprint density at radius 1 is 1.36 bits per heavy atom. The van der Waals surface area contributed by atoms with E-state index in [2.05, 4.69) is 9.99 Å². The van der Waals surface area contributed by atoms with Crippen LogP contribution in [0.5, 0.6) is 0 Å². The Bertz CT molecular complexity index is 102. The number of hydrogen-bond donors (Lipinski definition) is 1. The molecule has 0 aliphatic carbocycles. The van der Waals surface area contributed by atoms with Crippen LogP contribution < -0.4 is 0 Å². The predicted molar refractivity (Wildman–Crippen MR) is 47.5 cm³/mol. The Labute approximate surface area is 69.1 Å². The maximum Gasteiger partial charge on any atom is 0.229 e. The number of nitrogens with zero attached hydrogens (tertiary/aromatic N) is 1. The van der Waals surface area contributed by atoms with E-state index in [-0.39, 0.29) is 0 Å². The predicted octanol–water partition coefficient (Wildman–Crippen LogP) is 2.15. The zero-order valence-corrected chi connectivity index (χ0v) is 8.09. The lowest BCUT2D eigenvalue weighted by Gasteiger charge is -1.92. The molecule has 68 valence electrons. The topological polar surface area (TPSA) is 41.8 Å². The summed E-state index contributed by atoms with van der Waals surface area (Å²) in [6.07, 6.45) is -0.125. The molecule has 1 N–H and O–H groups in total. The van der Waals surface area contributed by atoms with Crippen molar-refractivity contribution >= 4 is 5.71 Å². The summed E-state index contributed by atoms with van der Waals surface area (Å²) in [7, 11) is 0. The monoisotopic (exact) mass is 161 g/mol. The molecule has 1 atom stereocenters.